The molecule has 0 aliphatic rings. The molecule has 0 aliphatic carbocycles. The Hall–Kier alpha value is -2.91. The lowest BCUT2D eigenvalue weighted by atomic mass is 10.1. The second-order valence-electron chi connectivity index (χ2n) is 5.69. The number of allylic oxidation sites excluding steroid dienone is 1. The number of hydrogen-bond acceptors (Lipinski definition) is 1. The second kappa shape index (κ2) is 9.40. The van der Waals surface area contributed by atoms with E-state index in [-0.39, 0.29) is 12.0 Å². The van der Waals surface area contributed by atoms with Crippen molar-refractivity contribution < 1.29 is 8.78 Å². The highest BCUT2D eigenvalue weighted by Gasteiger charge is 2.08. The smallest absolute Gasteiger partial charge is 0.161 e. The van der Waals surface area contributed by atoms with Crippen molar-refractivity contribution in [1.82, 2.24) is 0 Å². The second-order valence-corrected chi connectivity index (χ2v) is 5.69. The summed E-state index contributed by atoms with van der Waals surface area (Å²) in [6.07, 6.45) is 2.66. The maximum Gasteiger partial charge on any atom is 0.161 e. The highest BCUT2D eigenvalue weighted by molar-refractivity contribution is 5.62. The molecule has 0 unspecified atom stereocenters. The molecule has 1 nitrogen and oxygen atoms in total. The maximum absolute atomic E-state index is 14.1. The molecular formula is C22H19F2N. The van der Waals surface area contributed by atoms with Gasteiger partial charge in [0, 0.05) is 23.1 Å². The van der Waals surface area contributed by atoms with Crippen LogP contribution >= 0.6 is 0 Å². The molecule has 0 fully saturated rings. The average Bonchev–Trinajstić information content (AvgIpc) is 2.66. The van der Waals surface area contributed by atoms with E-state index in [2.05, 4.69) is 17.9 Å². The Bertz CT molecular complexity index is 829. The van der Waals surface area contributed by atoms with E-state index < -0.39 is 11.7 Å². The molecule has 0 aromatic heterocycles. The molecule has 0 bridgehead atoms. The van der Waals surface area contributed by atoms with Crippen molar-refractivity contribution in [3.05, 3.63) is 76.6 Å². The van der Waals surface area contributed by atoms with Crippen LogP contribution in [0.4, 0.5) is 8.78 Å². The molecule has 0 saturated heterocycles. The zero-order valence-corrected chi connectivity index (χ0v) is 14.2. The standard InChI is InChI=1S/C22H19F2N/c1-2-3-4-5-21(23)22(24)20-14-12-18(13-15-20)7-6-17-8-10-19(16-25)11-9-17/h8-15H,2-5H2,1H3/b22-21+. The van der Waals surface area contributed by atoms with Crippen LogP contribution in [0, 0.1) is 23.2 Å². The highest BCUT2D eigenvalue weighted by Crippen LogP contribution is 2.25. The van der Waals surface area contributed by atoms with Crippen molar-refractivity contribution in [3.63, 3.8) is 0 Å². The number of halogens is 2. The topological polar surface area (TPSA) is 23.8 Å². The van der Waals surface area contributed by atoms with Crippen LogP contribution in [0.1, 0.15) is 54.9 Å². The minimum atomic E-state index is -0.789. The van der Waals surface area contributed by atoms with Crippen LogP contribution < -0.4 is 0 Å². The van der Waals surface area contributed by atoms with Crippen LogP contribution in [0.3, 0.4) is 0 Å². The van der Waals surface area contributed by atoms with Gasteiger partial charge in [0.05, 0.1) is 11.6 Å². The largest absolute Gasteiger partial charge is 0.209 e. The molecule has 0 N–H and O–H groups in total. The zero-order chi connectivity index (χ0) is 18.1. The maximum atomic E-state index is 14.1. The number of nitrogens with zero attached hydrogens (tertiary/aromatic N) is 1. The molecule has 2 aromatic rings. The lowest BCUT2D eigenvalue weighted by Gasteiger charge is -2.02. The third-order valence-electron chi connectivity index (χ3n) is 3.74. The lowest BCUT2D eigenvalue weighted by Crippen LogP contribution is -1.85. The fraction of sp³-hybridized carbons (Fsp3) is 0.227. The Morgan fingerprint density at radius 2 is 1.36 bits per heavy atom. The Morgan fingerprint density at radius 3 is 1.88 bits per heavy atom. The van der Waals surface area contributed by atoms with E-state index >= 15 is 0 Å². The normalized spacial score (nSPS) is 11.1. The van der Waals surface area contributed by atoms with Gasteiger partial charge in [-0.05, 0) is 42.8 Å². The summed E-state index contributed by atoms with van der Waals surface area (Å²) in [6.45, 7) is 2.02. The predicted octanol–water partition coefficient (Wildman–Crippen LogP) is 6.15. The summed E-state index contributed by atoms with van der Waals surface area (Å²) in [6, 6.07) is 15.4. The Morgan fingerprint density at radius 1 is 0.840 bits per heavy atom. The van der Waals surface area contributed by atoms with Gasteiger partial charge in [-0.15, -0.1) is 0 Å². The Labute approximate surface area is 147 Å². The van der Waals surface area contributed by atoms with Crippen LogP contribution in [0.15, 0.2) is 54.4 Å². The van der Waals surface area contributed by atoms with Gasteiger partial charge < -0.3 is 0 Å². The van der Waals surface area contributed by atoms with Gasteiger partial charge in [0.25, 0.3) is 0 Å². The van der Waals surface area contributed by atoms with Crippen LogP contribution in [0.2, 0.25) is 0 Å². The summed E-state index contributed by atoms with van der Waals surface area (Å²) in [5.74, 6) is 4.47. The van der Waals surface area contributed by atoms with Gasteiger partial charge in [0.1, 0.15) is 5.83 Å². The van der Waals surface area contributed by atoms with E-state index in [0.717, 1.165) is 18.4 Å². The first-order valence-electron chi connectivity index (χ1n) is 8.30. The van der Waals surface area contributed by atoms with Crippen molar-refractivity contribution >= 4 is 5.83 Å². The summed E-state index contributed by atoms with van der Waals surface area (Å²) >= 11 is 0. The van der Waals surface area contributed by atoms with Gasteiger partial charge >= 0.3 is 0 Å². The summed E-state index contributed by atoms with van der Waals surface area (Å²) in [5.41, 5.74) is 2.32. The van der Waals surface area contributed by atoms with Crippen molar-refractivity contribution in [3.8, 4) is 17.9 Å². The summed E-state index contributed by atoms with van der Waals surface area (Å²) in [4.78, 5) is 0. The summed E-state index contributed by atoms with van der Waals surface area (Å²) in [5, 5.41) is 8.76. The van der Waals surface area contributed by atoms with Crippen LogP contribution in [-0.2, 0) is 0 Å². The molecule has 126 valence electrons. The molecule has 0 heterocycles. The van der Waals surface area contributed by atoms with Gasteiger partial charge in [0.2, 0.25) is 0 Å². The van der Waals surface area contributed by atoms with E-state index in [9.17, 15) is 8.78 Å². The fourth-order valence-electron chi connectivity index (χ4n) is 2.27. The number of hydrogen-bond donors (Lipinski definition) is 0. The molecule has 3 heteroatoms. The van der Waals surface area contributed by atoms with Crippen LogP contribution in [-0.4, -0.2) is 0 Å². The van der Waals surface area contributed by atoms with Gasteiger partial charge in [0.15, 0.2) is 5.83 Å². The summed E-state index contributed by atoms with van der Waals surface area (Å²) in [7, 11) is 0. The molecule has 0 aliphatic heterocycles. The van der Waals surface area contributed by atoms with Crippen LogP contribution in [0.5, 0.6) is 0 Å². The minimum absolute atomic E-state index is 0.139. The number of unbranched alkanes of at least 4 members (excludes halogenated alkanes) is 2. The molecule has 0 radical (unpaired) electrons. The lowest BCUT2D eigenvalue weighted by molar-refractivity contribution is 0.541. The van der Waals surface area contributed by atoms with E-state index in [1.165, 1.54) is 12.1 Å². The van der Waals surface area contributed by atoms with Gasteiger partial charge in [-0.1, -0.05) is 43.7 Å². The summed E-state index contributed by atoms with van der Waals surface area (Å²) < 4.78 is 27.8. The Balaban J connectivity index is 2.08. The SMILES string of the molecule is CCCCC/C(F)=C(\F)c1ccc(C#Cc2ccc(C#N)cc2)cc1. The Kier molecular flexibility index (Phi) is 6.93. The third-order valence-corrected chi connectivity index (χ3v) is 3.74. The first-order valence-corrected chi connectivity index (χ1v) is 8.30. The molecule has 2 rings (SSSR count). The minimum Gasteiger partial charge on any atom is -0.209 e. The number of benzene rings is 2. The predicted molar refractivity (Wildman–Crippen MR) is 96.9 cm³/mol. The van der Waals surface area contributed by atoms with E-state index in [1.807, 2.05) is 6.92 Å². The molecule has 0 atom stereocenters. The molecule has 0 saturated carbocycles. The van der Waals surface area contributed by atoms with Crippen molar-refractivity contribution in [1.29, 1.82) is 5.26 Å². The average molecular weight is 335 g/mol. The highest BCUT2D eigenvalue weighted by atomic mass is 19.2. The monoisotopic (exact) mass is 335 g/mol. The van der Waals surface area contributed by atoms with Crippen molar-refractivity contribution in [2.75, 3.05) is 0 Å². The van der Waals surface area contributed by atoms with Gasteiger partial charge in [-0.25, -0.2) is 8.78 Å². The molecule has 0 spiro atoms. The fourth-order valence-corrected chi connectivity index (χ4v) is 2.27. The van der Waals surface area contributed by atoms with Gasteiger partial charge in [-0.3, -0.25) is 0 Å². The quantitative estimate of drug-likeness (QED) is 0.475. The van der Waals surface area contributed by atoms with E-state index in [4.69, 9.17) is 5.26 Å². The first-order chi connectivity index (χ1) is 12.1. The molecule has 25 heavy (non-hydrogen) atoms. The van der Waals surface area contributed by atoms with Crippen LogP contribution in [0.25, 0.3) is 5.83 Å². The number of nitriles is 1. The number of rotatable bonds is 5. The van der Waals surface area contributed by atoms with E-state index in [1.54, 1.807) is 36.4 Å². The first kappa shape index (κ1) is 18.4. The van der Waals surface area contributed by atoms with Crippen molar-refractivity contribution in [2.45, 2.75) is 32.6 Å². The van der Waals surface area contributed by atoms with Crippen molar-refractivity contribution in [2.24, 2.45) is 0 Å². The zero-order valence-electron chi connectivity index (χ0n) is 14.2. The molecule has 2 aromatic carbocycles. The van der Waals surface area contributed by atoms with Gasteiger partial charge in [-0.2, -0.15) is 5.26 Å². The van der Waals surface area contributed by atoms with E-state index in [0.29, 0.717) is 17.5 Å². The molecular weight excluding hydrogens is 316 g/mol. The molecule has 0 amide bonds. The third kappa shape index (κ3) is 5.59.